The predicted octanol–water partition coefficient (Wildman–Crippen LogP) is 0.152. The van der Waals surface area contributed by atoms with E-state index >= 15 is 0 Å². The van der Waals surface area contributed by atoms with Crippen molar-refractivity contribution in [1.29, 1.82) is 0 Å². The third kappa shape index (κ3) is 4.61. The summed E-state index contributed by atoms with van der Waals surface area (Å²) in [6.45, 7) is -0.621. The smallest absolute Gasteiger partial charge is 0.229 e. The molecule has 0 unspecified atom stereocenters. The SMILES string of the molecule is OC[C@H]1O[C@@H](Oc2cc(O)cc(O)c2/C=C/c2ccc(O)cc2)[C@H](O)[C@@H](O)[C@@H]1O. The van der Waals surface area contributed by atoms with Crippen molar-refractivity contribution in [1.82, 2.24) is 0 Å². The minimum atomic E-state index is -1.65. The van der Waals surface area contributed by atoms with E-state index in [-0.39, 0.29) is 28.6 Å². The van der Waals surface area contributed by atoms with Crippen molar-refractivity contribution in [3.63, 3.8) is 0 Å². The zero-order valence-electron chi connectivity index (χ0n) is 15.2. The zero-order valence-corrected chi connectivity index (χ0v) is 15.2. The van der Waals surface area contributed by atoms with E-state index in [1.807, 2.05) is 0 Å². The van der Waals surface area contributed by atoms with Gasteiger partial charge in [-0.25, -0.2) is 0 Å². The second kappa shape index (κ2) is 8.68. The highest BCUT2D eigenvalue weighted by Crippen LogP contribution is 2.36. The number of phenols is 3. The van der Waals surface area contributed by atoms with E-state index in [1.54, 1.807) is 18.2 Å². The number of aliphatic hydroxyl groups excluding tert-OH is 4. The van der Waals surface area contributed by atoms with Crippen LogP contribution in [-0.4, -0.2) is 73.1 Å². The fourth-order valence-electron chi connectivity index (χ4n) is 2.92. The molecule has 0 radical (unpaired) electrons. The highest BCUT2D eigenvalue weighted by Gasteiger charge is 2.44. The Morgan fingerprint density at radius 1 is 0.862 bits per heavy atom. The highest BCUT2D eigenvalue weighted by atomic mass is 16.7. The number of aliphatic hydroxyl groups is 4. The van der Waals surface area contributed by atoms with Crippen LogP contribution in [0, 0.1) is 0 Å². The Balaban J connectivity index is 1.89. The Kier molecular flexibility index (Phi) is 6.26. The average Bonchev–Trinajstić information content (AvgIpc) is 2.69. The Labute approximate surface area is 165 Å². The predicted molar refractivity (Wildman–Crippen MR) is 101 cm³/mol. The molecule has 0 spiro atoms. The van der Waals surface area contributed by atoms with E-state index in [0.717, 1.165) is 6.07 Å². The Bertz CT molecular complexity index is 863. The fourth-order valence-corrected chi connectivity index (χ4v) is 2.92. The van der Waals surface area contributed by atoms with E-state index in [4.69, 9.17) is 9.47 Å². The number of aromatic hydroxyl groups is 3. The van der Waals surface area contributed by atoms with Crippen LogP contribution in [0.25, 0.3) is 12.2 Å². The van der Waals surface area contributed by atoms with E-state index in [0.29, 0.717) is 5.56 Å². The molecule has 1 aliphatic rings. The normalized spacial score (nSPS) is 27.2. The summed E-state index contributed by atoms with van der Waals surface area (Å²) < 4.78 is 10.9. The Morgan fingerprint density at radius 3 is 2.21 bits per heavy atom. The molecular formula is C20H22O9. The van der Waals surface area contributed by atoms with Gasteiger partial charge in [0.25, 0.3) is 0 Å². The van der Waals surface area contributed by atoms with Gasteiger partial charge in [0.15, 0.2) is 0 Å². The molecule has 5 atom stereocenters. The number of rotatable bonds is 5. The van der Waals surface area contributed by atoms with Crippen molar-refractivity contribution in [3.05, 3.63) is 47.5 Å². The minimum absolute atomic E-state index is 0.0677. The molecule has 156 valence electrons. The van der Waals surface area contributed by atoms with Gasteiger partial charge in [-0.3, -0.25) is 0 Å². The number of hydrogen-bond donors (Lipinski definition) is 7. The van der Waals surface area contributed by atoms with Gasteiger partial charge in [0.1, 0.15) is 47.4 Å². The van der Waals surface area contributed by atoms with Crippen molar-refractivity contribution in [2.75, 3.05) is 6.61 Å². The summed E-state index contributed by atoms with van der Waals surface area (Å²) in [6, 6.07) is 8.53. The van der Waals surface area contributed by atoms with Gasteiger partial charge >= 0.3 is 0 Å². The monoisotopic (exact) mass is 406 g/mol. The largest absolute Gasteiger partial charge is 0.508 e. The van der Waals surface area contributed by atoms with E-state index in [1.165, 1.54) is 24.3 Å². The topological polar surface area (TPSA) is 160 Å². The first-order valence-electron chi connectivity index (χ1n) is 8.80. The number of hydrogen-bond acceptors (Lipinski definition) is 9. The maximum Gasteiger partial charge on any atom is 0.229 e. The molecular weight excluding hydrogens is 384 g/mol. The van der Waals surface area contributed by atoms with Gasteiger partial charge in [-0.05, 0) is 23.8 Å². The third-order valence-electron chi connectivity index (χ3n) is 4.53. The minimum Gasteiger partial charge on any atom is -0.508 e. The molecule has 1 fully saturated rings. The van der Waals surface area contributed by atoms with Crippen LogP contribution >= 0.6 is 0 Å². The van der Waals surface area contributed by atoms with Gasteiger partial charge in [-0.15, -0.1) is 0 Å². The lowest BCUT2D eigenvalue weighted by molar-refractivity contribution is -0.277. The van der Waals surface area contributed by atoms with Crippen LogP contribution in [0.4, 0.5) is 0 Å². The van der Waals surface area contributed by atoms with Crippen LogP contribution in [0.3, 0.4) is 0 Å². The molecule has 1 saturated heterocycles. The van der Waals surface area contributed by atoms with Crippen LogP contribution in [0.5, 0.6) is 23.0 Å². The average molecular weight is 406 g/mol. The van der Waals surface area contributed by atoms with Crippen molar-refractivity contribution in [2.24, 2.45) is 0 Å². The van der Waals surface area contributed by atoms with Crippen LogP contribution < -0.4 is 4.74 Å². The second-order valence-corrected chi connectivity index (χ2v) is 6.62. The summed E-state index contributed by atoms with van der Waals surface area (Å²) in [5, 5.41) is 68.5. The van der Waals surface area contributed by atoms with Gasteiger partial charge in [-0.2, -0.15) is 0 Å². The second-order valence-electron chi connectivity index (χ2n) is 6.62. The van der Waals surface area contributed by atoms with Crippen molar-refractivity contribution < 1.29 is 45.2 Å². The lowest BCUT2D eigenvalue weighted by atomic mass is 9.99. The molecule has 0 aromatic heterocycles. The summed E-state index contributed by atoms with van der Waals surface area (Å²) in [5.74, 6) is -0.605. The first-order chi connectivity index (χ1) is 13.8. The molecule has 9 nitrogen and oxygen atoms in total. The van der Waals surface area contributed by atoms with Crippen molar-refractivity contribution >= 4 is 12.2 Å². The van der Waals surface area contributed by atoms with Crippen LogP contribution in [-0.2, 0) is 4.74 Å². The molecule has 2 aromatic rings. The van der Waals surface area contributed by atoms with Crippen LogP contribution in [0.2, 0.25) is 0 Å². The quantitative estimate of drug-likeness (QED) is 0.343. The molecule has 0 saturated carbocycles. The lowest BCUT2D eigenvalue weighted by Crippen LogP contribution is -2.60. The van der Waals surface area contributed by atoms with Gasteiger partial charge in [0.05, 0.1) is 12.2 Å². The molecule has 2 aromatic carbocycles. The molecule has 29 heavy (non-hydrogen) atoms. The van der Waals surface area contributed by atoms with Gasteiger partial charge in [0.2, 0.25) is 6.29 Å². The van der Waals surface area contributed by atoms with Gasteiger partial charge in [0, 0.05) is 12.1 Å². The maximum atomic E-state index is 10.2. The zero-order chi connectivity index (χ0) is 21.1. The van der Waals surface area contributed by atoms with E-state index in [2.05, 4.69) is 0 Å². The molecule has 0 amide bonds. The summed E-state index contributed by atoms with van der Waals surface area (Å²) >= 11 is 0. The molecule has 0 aliphatic carbocycles. The Morgan fingerprint density at radius 2 is 1.55 bits per heavy atom. The summed E-state index contributed by atoms with van der Waals surface area (Å²) in [6.07, 6.45) is -4.36. The van der Waals surface area contributed by atoms with Crippen LogP contribution in [0.15, 0.2) is 36.4 Å². The van der Waals surface area contributed by atoms with Gasteiger partial charge < -0.3 is 45.2 Å². The summed E-state index contributed by atoms with van der Waals surface area (Å²) in [4.78, 5) is 0. The fraction of sp³-hybridized carbons (Fsp3) is 0.300. The first-order valence-corrected chi connectivity index (χ1v) is 8.80. The summed E-state index contributed by atoms with van der Waals surface area (Å²) in [7, 11) is 0. The Hall–Kier alpha value is -2.82. The molecule has 3 rings (SSSR count). The molecule has 7 N–H and O–H groups in total. The summed E-state index contributed by atoms with van der Waals surface area (Å²) in [5.41, 5.74) is 0.849. The van der Waals surface area contributed by atoms with Crippen LogP contribution in [0.1, 0.15) is 11.1 Å². The van der Waals surface area contributed by atoms with E-state index in [9.17, 15) is 35.7 Å². The number of benzene rings is 2. The number of phenolic OH excluding ortho intramolecular Hbond substituents is 3. The molecule has 0 bridgehead atoms. The maximum absolute atomic E-state index is 10.2. The third-order valence-corrected chi connectivity index (χ3v) is 4.53. The van der Waals surface area contributed by atoms with Gasteiger partial charge in [-0.1, -0.05) is 18.2 Å². The first kappa shape index (κ1) is 20.9. The molecule has 9 heteroatoms. The highest BCUT2D eigenvalue weighted by molar-refractivity contribution is 5.76. The molecule has 1 heterocycles. The van der Waals surface area contributed by atoms with Crippen molar-refractivity contribution in [3.8, 4) is 23.0 Å². The van der Waals surface area contributed by atoms with E-state index < -0.39 is 37.3 Å². The lowest BCUT2D eigenvalue weighted by Gasteiger charge is -2.39. The molecule has 1 aliphatic heterocycles. The number of ether oxygens (including phenoxy) is 2. The van der Waals surface area contributed by atoms with Crippen molar-refractivity contribution in [2.45, 2.75) is 30.7 Å². The standard InChI is InChI=1S/C20H22O9/c21-9-16-17(25)18(26)19(27)20(29-16)28-15-8-12(23)7-14(24)13(15)6-3-10-1-4-11(22)5-2-10/h1-8,16-27H,9H2/b6-3+/t16-,17-,18+,19-,20-/m1/s1.